The second-order valence-electron chi connectivity index (χ2n) is 3.42. The fraction of sp³-hybridized carbons (Fsp3) is 1.00. The highest BCUT2D eigenvalue weighted by atomic mass is 16.7. The van der Waals surface area contributed by atoms with Crippen molar-refractivity contribution in [2.75, 3.05) is 7.11 Å². The van der Waals surface area contributed by atoms with Gasteiger partial charge in [0.1, 0.15) is 24.4 Å². The Labute approximate surface area is 81.7 Å². The van der Waals surface area contributed by atoms with E-state index in [0.717, 1.165) is 0 Å². The lowest BCUT2D eigenvalue weighted by Crippen LogP contribution is -2.60. The van der Waals surface area contributed by atoms with E-state index in [1.165, 1.54) is 14.0 Å². The third-order valence-corrected chi connectivity index (χ3v) is 2.31. The molecular weight excluding hydrogens is 192 g/mol. The summed E-state index contributed by atoms with van der Waals surface area (Å²) in [6.07, 6.45) is -6.97. The molecule has 14 heavy (non-hydrogen) atoms. The molecule has 0 aliphatic carbocycles. The minimum Gasteiger partial charge on any atom is -0.391 e. The van der Waals surface area contributed by atoms with Gasteiger partial charge in [0.05, 0.1) is 6.10 Å². The quantitative estimate of drug-likeness (QED) is 0.412. The van der Waals surface area contributed by atoms with Gasteiger partial charge in [0, 0.05) is 7.11 Å². The Balaban J connectivity index is 2.73. The maximum Gasteiger partial charge on any atom is 0.186 e. The summed E-state index contributed by atoms with van der Waals surface area (Å²) in [6.45, 7) is 1.42. The average molecular weight is 208 g/mol. The van der Waals surface area contributed by atoms with Crippen LogP contribution < -0.4 is 0 Å². The first-order chi connectivity index (χ1) is 6.49. The van der Waals surface area contributed by atoms with Crippen molar-refractivity contribution in [1.29, 1.82) is 0 Å². The van der Waals surface area contributed by atoms with E-state index in [-0.39, 0.29) is 0 Å². The minimum absolute atomic E-state index is 0.954. The smallest absolute Gasteiger partial charge is 0.186 e. The van der Waals surface area contributed by atoms with Gasteiger partial charge in [-0.05, 0) is 6.92 Å². The molecule has 84 valence electrons. The van der Waals surface area contributed by atoms with Gasteiger partial charge in [-0.2, -0.15) is 0 Å². The molecule has 4 N–H and O–H groups in total. The molecule has 1 unspecified atom stereocenters. The molecule has 6 nitrogen and oxygen atoms in total. The van der Waals surface area contributed by atoms with Crippen LogP contribution in [0, 0.1) is 0 Å². The third kappa shape index (κ3) is 2.05. The summed E-state index contributed by atoms with van der Waals surface area (Å²) in [5.74, 6) is 0. The third-order valence-electron chi connectivity index (χ3n) is 2.31. The molecule has 0 amide bonds. The highest BCUT2D eigenvalue weighted by Gasteiger charge is 2.45. The molecule has 6 heteroatoms. The maximum absolute atomic E-state index is 9.44. The van der Waals surface area contributed by atoms with Crippen molar-refractivity contribution in [2.45, 2.75) is 43.7 Å². The Hall–Kier alpha value is -0.240. The average Bonchev–Trinajstić information content (AvgIpc) is 2.14. The monoisotopic (exact) mass is 208 g/mol. The van der Waals surface area contributed by atoms with Crippen LogP contribution >= 0.6 is 0 Å². The molecule has 0 bridgehead atoms. The van der Waals surface area contributed by atoms with Crippen molar-refractivity contribution in [3.63, 3.8) is 0 Å². The van der Waals surface area contributed by atoms with Crippen LogP contribution in [-0.2, 0) is 9.47 Å². The van der Waals surface area contributed by atoms with Gasteiger partial charge in [0.15, 0.2) is 6.29 Å². The van der Waals surface area contributed by atoms with Crippen molar-refractivity contribution < 1.29 is 29.9 Å². The first kappa shape index (κ1) is 11.8. The number of aliphatic hydroxyl groups is 4. The van der Waals surface area contributed by atoms with E-state index in [1.54, 1.807) is 0 Å². The molecule has 1 saturated heterocycles. The molecule has 6 atom stereocenters. The Bertz CT molecular complexity index is 183. The van der Waals surface area contributed by atoms with Gasteiger partial charge in [-0.25, -0.2) is 0 Å². The predicted octanol–water partition coefficient (Wildman–Crippen LogP) is -2.18. The molecule has 1 aliphatic rings. The molecule has 1 rings (SSSR count). The zero-order valence-electron chi connectivity index (χ0n) is 8.07. The normalized spacial score (nSPS) is 46.3. The van der Waals surface area contributed by atoms with Crippen LogP contribution in [0.5, 0.6) is 0 Å². The Morgan fingerprint density at radius 3 is 2.14 bits per heavy atom. The summed E-state index contributed by atoms with van der Waals surface area (Å²) in [6, 6.07) is 0. The highest BCUT2D eigenvalue weighted by Crippen LogP contribution is 2.23. The van der Waals surface area contributed by atoms with E-state index < -0.39 is 36.8 Å². The van der Waals surface area contributed by atoms with Crippen LogP contribution in [0.2, 0.25) is 0 Å². The van der Waals surface area contributed by atoms with Gasteiger partial charge in [-0.1, -0.05) is 0 Å². The molecular formula is C8H16O6. The number of aliphatic hydroxyl groups excluding tert-OH is 4. The molecule has 1 aliphatic heterocycles. The van der Waals surface area contributed by atoms with Crippen molar-refractivity contribution in [3.8, 4) is 0 Å². The molecule has 0 saturated carbocycles. The summed E-state index contributed by atoms with van der Waals surface area (Å²) < 4.78 is 9.81. The van der Waals surface area contributed by atoms with Gasteiger partial charge in [0.2, 0.25) is 0 Å². The topological polar surface area (TPSA) is 99.4 Å². The Kier molecular flexibility index (Phi) is 3.82. The Morgan fingerprint density at radius 2 is 1.71 bits per heavy atom. The van der Waals surface area contributed by atoms with E-state index in [4.69, 9.17) is 9.47 Å². The molecule has 0 aromatic heterocycles. The van der Waals surface area contributed by atoms with Crippen LogP contribution in [0.25, 0.3) is 0 Å². The lowest BCUT2D eigenvalue weighted by Gasteiger charge is -2.40. The number of rotatable bonds is 2. The fourth-order valence-electron chi connectivity index (χ4n) is 1.47. The summed E-state index contributed by atoms with van der Waals surface area (Å²) in [5, 5.41) is 37.4. The zero-order valence-corrected chi connectivity index (χ0v) is 8.07. The number of hydrogen-bond donors (Lipinski definition) is 4. The standard InChI is InChI=1S/C8H16O6/c1-3(9)7-5(11)4(10)6(12)8(13-2)14-7/h3-12H,1-2H3/t3?,4-,5-,6+,7+,8-/m0/s1. The highest BCUT2D eigenvalue weighted by molar-refractivity contribution is 4.91. The van der Waals surface area contributed by atoms with Crippen molar-refractivity contribution in [3.05, 3.63) is 0 Å². The summed E-state index contributed by atoms with van der Waals surface area (Å²) >= 11 is 0. The first-order valence-corrected chi connectivity index (χ1v) is 4.39. The van der Waals surface area contributed by atoms with E-state index in [9.17, 15) is 20.4 Å². The molecule has 0 aromatic rings. The van der Waals surface area contributed by atoms with E-state index in [2.05, 4.69) is 0 Å². The largest absolute Gasteiger partial charge is 0.391 e. The van der Waals surface area contributed by atoms with Crippen LogP contribution in [0.3, 0.4) is 0 Å². The van der Waals surface area contributed by atoms with Crippen LogP contribution in [0.15, 0.2) is 0 Å². The van der Waals surface area contributed by atoms with Gasteiger partial charge >= 0.3 is 0 Å². The van der Waals surface area contributed by atoms with Crippen molar-refractivity contribution >= 4 is 0 Å². The lowest BCUT2D eigenvalue weighted by molar-refractivity contribution is -0.302. The lowest BCUT2D eigenvalue weighted by atomic mass is 9.96. The van der Waals surface area contributed by atoms with E-state index >= 15 is 0 Å². The van der Waals surface area contributed by atoms with Gasteiger partial charge in [-0.15, -0.1) is 0 Å². The summed E-state index contributed by atoms with van der Waals surface area (Å²) in [7, 11) is 1.30. The number of methoxy groups -OCH3 is 1. The SMILES string of the molecule is CO[C@H]1O[C@H](C(C)O)[C@@H](O)[C@H](O)[C@H]1O. The second kappa shape index (κ2) is 4.52. The molecule has 1 heterocycles. The maximum atomic E-state index is 9.44. The van der Waals surface area contributed by atoms with E-state index in [1.807, 2.05) is 0 Å². The molecule has 0 spiro atoms. The number of ether oxygens (including phenoxy) is 2. The van der Waals surface area contributed by atoms with Crippen LogP contribution in [0.1, 0.15) is 6.92 Å². The first-order valence-electron chi connectivity index (χ1n) is 4.39. The molecule has 0 radical (unpaired) electrons. The summed E-state index contributed by atoms with van der Waals surface area (Å²) in [4.78, 5) is 0. The summed E-state index contributed by atoms with van der Waals surface area (Å²) in [5.41, 5.74) is 0. The van der Waals surface area contributed by atoms with Crippen LogP contribution in [0.4, 0.5) is 0 Å². The Morgan fingerprint density at radius 1 is 1.14 bits per heavy atom. The van der Waals surface area contributed by atoms with E-state index in [0.29, 0.717) is 0 Å². The van der Waals surface area contributed by atoms with Crippen molar-refractivity contribution in [1.82, 2.24) is 0 Å². The predicted molar refractivity (Wildman–Crippen MR) is 45.4 cm³/mol. The van der Waals surface area contributed by atoms with Crippen LogP contribution in [-0.4, -0.2) is 64.3 Å². The zero-order chi connectivity index (χ0) is 10.9. The van der Waals surface area contributed by atoms with Gasteiger partial charge in [0.25, 0.3) is 0 Å². The fourth-order valence-corrected chi connectivity index (χ4v) is 1.47. The van der Waals surface area contributed by atoms with Gasteiger partial charge < -0.3 is 29.9 Å². The molecule has 0 aromatic carbocycles. The molecule has 1 fully saturated rings. The van der Waals surface area contributed by atoms with Crippen molar-refractivity contribution in [2.24, 2.45) is 0 Å². The van der Waals surface area contributed by atoms with Gasteiger partial charge in [-0.3, -0.25) is 0 Å². The second-order valence-corrected chi connectivity index (χ2v) is 3.42. The number of hydrogen-bond acceptors (Lipinski definition) is 6. The minimum atomic E-state index is -1.38.